The van der Waals surface area contributed by atoms with Crippen LogP contribution in [0.4, 0.5) is 5.69 Å². The molecule has 3 rings (SSSR count). The first-order valence-electron chi connectivity index (χ1n) is 10.1. The van der Waals surface area contributed by atoms with Crippen molar-refractivity contribution in [2.75, 3.05) is 39.2 Å². The molecule has 0 saturated carbocycles. The summed E-state index contributed by atoms with van der Waals surface area (Å²) in [6, 6.07) is 10.6. The molecule has 1 amide bonds. The lowest BCUT2D eigenvalue weighted by atomic mass is 10.0. The van der Waals surface area contributed by atoms with E-state index in [0.29, 0.717) is 18.2 Å². The summed E-state index contributed by atoms with van der Waals surface area (Å²) in [7, 11) is 5.68. The third-order valence-electron chi connectivity index (χ3n) is 4.93. The van der Waals surface area contributed by atoms with E-state index < -0.39 is 0 Å². The van der Waals surface area contributed by atoms with Crippen molar-refractivity contribution < 1.29 is 14.6 Å². The van der Waals surface area contributed by atoms with E-state index in [1.165, 1.54) is 4.90 Å². The van der Waals surface area contributed by atoms with E-state index in [0.717, 1.165) is 35.3 Å². The van der Waals surface area contributed by atoms with Gasteiger partial charge in [-0.3, -0.25) is 9.89 Å². The summed E-state index contributed by atoms with van der Waals surface area (Å²) in [6.45, 7) is 5.66. The largest absolute Gasteiger partial charge is 0.507 e. The number of nitrogens with one attached hydrogen (secondary N) is 1. The van der Waals surface area contributed by atoms with E-state index >= 15 is 0 Å². The molecule has 0 saturated heterocycles. The molecule has 7 heteroatoms. The molecule has 160 valence electrons. The zero-order valence-corrected chi connectivity index (χ0v) is 18.3. The zero-order chi connectivity index (χ0) is 21.8. The van der Waals surface area contributed by atoms with Crippen LogP contribution >= 0.6 is 0 Å². The molecule has 0 aliphatic heterocycles. The average molecular weight is 411 g/mol. The Balaban J connectivity index is 1.79. The van der Waals surface area contributed by atoms with E-state index in [1.54, 1.807) is 19.2 Å². The molecule has 2 aromatic carbocycles. The Morgan fingerprint density at radius 2 is 1.87 bits per heavy atom. The highest BCUT2D eigenvalue weighted by Gasteiger charge is 2.20. The Labute approximate surface area is 177 Å². The van der Waals surface area contributed by atoms with Gasteiger partial charge in [-0.05, 0) is 56.8 Å². The minimum atomic E-state index is -0.285. The highest BCUT2D eigenvalue weighted by molar-refractivity contribution is 6.09. The Hall–Kier alpha value is -3.06. The molecule has 1 heterocycles. The number of aromatic amines is 1. The molecule has 0 atom stereocenters. The van der Waals surface area contributed by atoms with Crippen molar-refractivity contribution in [1.29, 1.82) is 0 Å². The first kappa shape index (κ1) is 21.6. The number of rotatable bonds is 8. The fraction of sp³-hybridized carbons (Fsp3) is 0.391. The van der Waals surface area contributed by atoms with Gasteiger partial charge in [0, 0.05) is 30.7 Å². The monoisotopic (exact) mass is 410 g/mol. The number of carbonyl (C=O) groups excluding carboxylic acids is 1. The Morgan fingerprint density at radius 3 is 2.50 bits per heavy atom. The number of nitrogens with zero attached hydrogens (tertiary/aromatic N) is 3. The standard InChI is InChI=1S/C23H30N4O3/c1-15(2)12-20-18-13-19(22(28)14-21(18)25-24-20)23(29)27(5)16-6-8-17(9-7-16)30-11-10-26(3)4/h6-9,13-15,28H,10-12H2,1-5H3,(H,24,25). The number of anilines is 1. The topological polar surface area (TPSA) is 81.7 Å². The molecule has 0 bridgehead atoms. The fourth-order valence-electron chi connectivity index (χ4n) is 3.23. The average Bonchev–Trinajstić information content (AvgIpc) is 3.07. The van der Waals surface area contributed by atoms with Crippen LogP contribution in [0.2, 0.25) is 0 Å². The van der Waals surface area contributed by atoms with Crippen LogP contribution in [-0.2, 0) is 6.42 Å². The second-order valence-corrected chi connectivity index (χ2v) is 8.19. The summed E-state index contributed by atoms with van der Waals surface area (Å²) in [5.41, 5.74) is 2.59. The van der Waals surface area contributed by atoms with Crippen LogP contribution in [0.1, 0.15) is 29.9 Å². The predicted molar refractivity (Wildman–Crippen MR) is 120 cm³/mol. The minimum absolute atomic E-state index is 0.0669. The van der Waals surface area contributed by atoms with Crippen LogP contribution in [0, 0.1) is 5.92 Å². The van der Waals surface area contributed by atoms with Gasteiger partial charge in [0.15, 0.2) is 0 Å². The number of aromatic hydroxyl groups is 1. The maximum absolute atomic E-state index is 13.1. The number of phenolic OH excluding ortho intramolecular Hbond substituents is 1. The van der Waals surface area contributed by atoms with Gasteiger partial charge in [0.1, 0.15) is 18.1 Å². The van der Waals surface area contributed by atoms with Crippen molar-refractivity contribution in [3.05, 3.63) is 47.7 Å². The molecule has 0 aliphatic carbocycles. The van der Waals surface area contributed by atoms with Crippen LogP contribution in [0.5, 0.6) is 11.5 Å². The second kappa shape index (κ2) is 9.17. The van der Waals surface area contributed by atoms with Crippen LogP contribution in [-0.4, -0.2) is 60.4 Å². The second-order valence-electron chi connectivity index (χ2n) is 8.19. The third kappa shape index (κ3) is 4.91. The van der Waals surface area contributed by atoms with E-state index in [9.17, 15) is 9.90 Å². The van der Waals surface area contributed by atoms with Crippen molar-refractivity contribution in [3.63, 3.8) is 0 Å². The quantitative estimate of drug-likeness (QED) is 0.592. The summed E-state index contributed by atoms with van der Waals surface area (Å²) in [6.07, 6.45) is 0.795. The number of hydrogen-bond donors (Lipinski definition) is 2. The number of H-pyrrole nitrogens is 1. The molecule has 2 N–H and O–H groups in total. The van der Waals surface area contributed by atoms with Gasteiger partial charge in [0.05, 0.1) is 16.8 Å². The van der Waals surface area contributed by atoms with Crippen molar-refractivity contribution in [1.82, 2.24) is 15.1 Å². The van der Waals surface area contributed by atoms with Crippen LogP contribution in [0.15, 0.2) is 36.4 Å². The summed E-state index contributed by atoms with van der Waals surface area (Å²) in [5.74, 6) is 0.836. The van der Waals surface area contributed by atoms with Gasteiger partial charge in [-0.15, -0.1) is 0 Å². The molecule has 1 aromatic heterocycles. The molecule has 0 unspecified atom stereocenters. The van der Waals surface area contributed by atoms with Crippen LogP contribution in [0.3, 0.4) is 0 Å². The zero-order valence-electron chi connectivity index (χ0n) is 18.3. The number of fused-ring (bicyclic) bond motifs is 1. The summed E-state index contributed by atoms with van der Waals surface area (Å²) in [5, 5.41) is 18.6. The molecule has 0 fully saturated rings. The van der Waals surface area contributed by atoms with Gasteiger partial charge in [-0.25, -0.2) is 0 Å². The lowest BCUT2D eigenvalue weighted by Crippen LogP contribution is -2.26. The summed E-state index contributed by atoms with van der Waals surface area (Å²) in [4.78, 5) is 16.7. The van der Waals surface area contributed by atoms with Crippen molar-refractivity contribution >= 4 is 22.5 Å². The normalized spacial score (nSPS) is 11.4. The third-order valence-corrected chi connectivity index (χ3v) is 4.93. The summed E-state index contributed by atoms with van der Waals surface area (Å²) >= 11 is 0. The lowest BCUT2D eigenvalue weighted by Gasteiger charge is -2.19. The summed E-state index contributed by atoms with van der Waals surface area (Å²) < 4.78 is 5.70. The maximum Gasteiger partial charge on any atom is 0.261 e. The molecule has 30 heavy (non-hydrogen) atoms. The molecule has 0 aliphatic rings. The van der Waals surface area contributed by atoms with Crippen molar-refractivity contribution in [2.45, 2.75) is 20.3 Å². The maximum atomic E-state index is 13.1. The lowest BCUT2D eigenvalue weighted by molar-refractivity contribution is 0.0990. The first-order chi connectivity index (χ1) is 14.3. The molecule has 3 aromatic rings. The van der Waals surface area contributed by atoms with Gasteiger partial charge in [0.2, 0.25) is 0 Å². The van der Waals surface area contributed by atoms with Gasteiger partial charge < -0.3 is 19.6 Å². The van der Waals surface area contributed by atoms with E-state index in [2.05, 4.69) is 28.9 Å². The van der Waals surface area contributed by atoms with E-state index in [4.69, 9.17) is 4.74 Å². The van der Waals surface area contributed by atoms with Crippen molar-refractivity contribution in [3.8, 4) is 11.5 Å². The molecular weight excluding hydrogens is 380 g/mol. The number of hydrogen-bond acceptors (Lipinski definition) is 5. The fourth-order valence-corrected chi connectivity index (χ4v) is 3.23. The van der Waals surface area contributed by atoms with Gasteiger partial charge >= 0.3 is 0 Å². The van der Waals surface area contributed by atoms with Gasteiger partial charge in [-0.1, -0.05) is 13.8 Å². The number of phenols is 1. The molecule has 0 spiro atoms. The highest BCUT2D eigenvalue weighted by Crippen LogP contribution is 2.29. The number of carbonyl (C=O) groups is 1. The first-order valence-corrected chi connectivity index (χ1v) is 10.1. The Morgan fingerprint density at radius 1 is 1.17 bits per heavy atom. The van der Waals surface area contributed by atoms with E-state index in [-0.39, 0.29) is 17.2 Å². The Bertz CT molecular complexity index is 1010. The predicted octanol–water partition coefficient (Wildman–Crippen LogP) is 3.68. The Kier molecular flexibility index (Phi) is 6.62. The number of benzene rings is 2. The number of amides is 1. The smallest absolute Gasteiger partial charge is 0.261 e. The van der Waals surface area contributed by atoms with Crippen LogP contribution in [0.25, 0.3) is 10.9 Å². The van der Waals surface area contributed by atoms with Gasteiger partial charge in [-0.2, -0.15) is 5.10 Å². The van der Waals surface area contributed by atoms with E-state index in [1.807, 2.05) is 38.4 Å². The molecule has 7 nitrogen and oxygen atoms in total. The number of ether oxygens (including phenoxy) is 1. The molecular formula is C23H30N4O3. The van der Waals surface area contributed by atoms with Crippen molar-refractivity contribution in [2.24, 2.45) is 5.92 Å². The number of aromatic nitrogens is 2. The minimum Gasteiger partial charge on any atom is -0.507 e. The molecule has 0 radical (unpaired) electrons. The van der Waals surface area contributed by atoms with Crippen LogP contribution < -0.4 is 9.64 Å². The highest BCUT2D eigenvalue weighted by atomic mass is 16.5. The SMILES string of the molecule is CC(C)Cc1n[nH]c2cc(O)c(C(=O)N(C)c3ccc(OCCN(C)C)cc3)cc12. The van der Waals surface area contributed by atoms with Gasteiger partial charge in [0.25, 0.3) is 5.91 Å². The number of likely N-dealkylation sites (N-methyl/N-ethyl adjacent to an activating group) is 1.